The highest BCUT2D eigenvalue weighted by atomic mass is 35.5. The minimum absolute atomic E-state index is 0.590. The number of aryl methyl sites for hydroxylation is 2. The molecule has 0 amide bonds. The summed E-state index contributed by atoms with van der Waals surface area (Å²) in [7, 11) is 0. The third-order valence-corrected chi connectivity index (χ3v) is 3.70. The van der Waals surface area contributed by atoms with Crippen LogP contribution in [-0.2, 0) is 6.42 Å². The molecule has 2 heterocycles. The van der Waals surface area contributed by atoms with E-state index < -0.39 is 0 Å². The van der Waals surface area contributed by atoms with Gasteiger partial charge in [-0.2, -0.15) is 0 Å². The second-order valence-electron chi connectivity index (χ2n) is 4.72. The highest BCUT2D eigenvalue weighted by molar-refractivity contribution is 6.17. The first kappa shape index (κ1) is 11.0. The van der Waals surface area contributed by atoms with Gasteiger partial charge >= 0.3 is 0 Å². The first-order valence-electron chi connectivity index (χ1n) is 6.20. The Kier molecular flexibility index (Phi) is 2.79. The molecule has 2 aromatic rings. The lowest BCUT2D eigenvalue weighted by atomic mass is 9.92. The van der Waals surface area contributed by atoms with Crippen LogP contribution in [0.25, 0.3) is 11.2 Å². The van der Waals surface area contributed by atoms with Crippen molar-refractivity contribution in [3.05, 3.63) is 23.7 Å². The van der Waals surface area contributed by atoms with Gasteiger partial charge in [0.2, 0.25) is 0 Å². The van der Waals surface area contributed by atoms with Crippen molar-refractivity contribution in [3.63, 3.8) is 0 Å². The van der Waals surface area contributed by atoms with Gasteiger partial charge in [0.1, 0.15) is 11.3 Å². The molecular formula is C13H16ClN3. The van der Waals surface area contributed by atoms with E-state index in [-0.39, 0.29) is 0 Å². The Hall–Kier alpha value is -1.09. The van der Waals surface area contributed by atoms with Crippen molar-refractivity contribution >= 4 is 22.8 Å². The molecule has 0 N–H and O–H groups in total. The van der Waals surface area contributed by atoms with E-state index in [2.05, 4.69) is 20.6 Å². The third kappa shape index (κ3) is 1.82. The van der Waals surface area contributed by atoms with Crippen LogP contribution in [-0.4, -0.2) is 20.4 Å². The monoisotopic (exact) mass is 249 g/mol. The Bertz CT molecular complexity index is 543. The molecule has 0 spiro atoms. The van der Waals surface area contributed by atoms with E-state index in [1.54, 1.807) is 0 Å². The maximum atomic E-state index is 5.86. The van der Waals surface area contributed by atoms with Gasteiger partial charge in [0.05, 0.1) is 0 Å². The topological polar surface area (TPSA) is 30.7 Å². The minimum Gasteiger partial charge on any atom is -0.310 e. The Morgan fingerprint density at radius 1 is 1.35 bits per heavy atom. The molecule has 0 bridgehead atoms. The van der Waals surface area contributed by atoms with Crippen LogP contribution in [0.15, 0.2) is 12.1 Å². The number of nitrogens with zero attached hydrogens (tertiary/aromatic N) is 3. The van der Waals surface area contributed by atoms with Gasteiger partial charge in [-0.25, -0.2) is 9.97 Å². The molecule has 1 fully saturated rings. The summed E-state index contributed by atoms with van der Waals surface area (Å²) in [6.07, 6.45) is 4.64. The Balaban J connectivity index is 2.17. The average molecular weight is 250 g/mol. The van der Waals surface area contributed by atoms with Gasteiger partial charge in [-0.1, -0.05) is 0 Å². The summed E-state index contributed by atoms with van der Waals surface area (Å²) >= 11 is 5.86. The molecule has 17 heavy (non-hydrogen) atoms. The molecule has 1 aliphatic carbocycles. The van der Waals surface area contributed by atoms with E-state index in [0.717, 1.165) is 29.1 Å². The zero-order valence-corrected chi connectivity index (χ0v) is 10.7. The van der Waals surface area contributed by atoms with E-state index in [4.69, 9.17) is 11.6 Å². The van der Waals surface area contributed by atoms with Crippen LogP contribution in [0, 0.1) is 6.92 Å². The Morgan fingerprint density at radius 2 is 2.18 bits per heavy atom. The lowest BCUT2D eigenvalue weighted by Crippen LogP contribution is -2.20. The molecule has 4 heteroatoms. The van der Waals surface area contributed by atoms with Crippen LogP contribution < -0.4 is 0 Å². The molecule has 0 radical (unpaired) electrons. The fourth-order valence-corrected chi connectivity index (χ4v) is 2.57. The summed E-state index contributed by atoms with van der Waals surface area (Å²) in [4.78, 5) is 9.30. The van der Waals surface area contributed by atoms with Crippen LogP contribution >= 0.6 is 11.6 Å². The Morgan fingerprint density at radius 3 is 2.82 bits per heavy atom. The zero-order valence-electron chi connectivity index (χ0n) is 9.99. The maximum absolute atomic E-state index is 5.86. The molecule has 3 nitrogen and oxygen atoms in total. The fourth-order valence-electron chi connectivity index (χ4n) is 2.40. The van der Waals surface area contributed by atoms with Crippen LogP contribution in [0.2, 0.25) is 0 Å². The maximum Gasteiger partial charge on any atom is 0.160 e. The van der Waals surface area contributed by atoms with Gasteiger partial charge in [-0.05, 0) is 38.3 Å². The van der Waals surface area contributed by atoms with Crippen LogP contribution in [0.3, 0.4) is 0 Å². The highest BCUT2D eigenvalue weighted by Gasteiger charge is 2.24. The number of halogens is 1. The van der Waals surface area contributed by atoms with Gasteiger partial charge < -0.3 is 4.57 Å². The summed E-state index contributed by atoms with van der Waals surface area (Å²) in [5.41, 5.74) is 3.09. The van der Waals surface area contributed by atoms with Crippen molar-refractivity contribution < 1.29 is 0 Å². The van der Waals surface area contributed by atoms with E-state index in [1.807, 2.05) is 13.0 Å². The van der Waals surface area contributed by atoms with E-state index in [1.165, 1.54) is 19.3 Å². The smallest absolute Gasteiger partial charge is 0.160 e. The lowest BCUT2D eigenvalue weighted by molar-refractivity contribution is 0.312. The largest absolute Gasteiger partial charge is 0.310 e. The van der Waals surface area contributed by atoms with Gasteiger partial charge in [0.25, 0.3) is 0 Å². The highest BCUT2D eigenvalue weighted by Crippen LogP contribution is 2.35. The van der Waals surface area contributed by atoms with Crippen LogP contribution in [0.4, 0.5) is 0 Å². The predicted molar refractivity (Wildman–Crippen MR) is 69.6 cm³/mol. The van der Waals surface area contributed by atoms with Gasteiger partial charge in [0.15, 0.2) is 5.65 Å². The first-order chi connectivity index (χ1) is 8.29. The fraction of sp³-hybridized carbons (Fsp3) is 0.538. The molecule has 2 aromatic heterocycles. The van der Waals surface area contributed by atoms with E-state index in [0.29, 0.717) is 11.9 Å². The third-order valence-electron chi connectivity index (χ3n) is 3.51. The number of aromatic nitrogens is 3. The van der Waals surface area contributed by atoms with Gasteiger partial charge in [0, 0.05) is 24.0 Å². The first-order valence-corrected chi connectivity index (χ1v) is 6.73. The molecule has 0 unspecified atom stereocenters. The number of imidazole rings is 1. The quantitative estimate of drug-likeness (QED) is 0.782. The van der Waals surface area contributed by atoms with E-state index >= 15 is 0 Å². The summed E-state index contributed by atoms with van der Waals surface area (Å²) in [5, 5.41) is 0. The number of hydrogen-bond acceptors (Lipinski definition) is 2. The van der Waals surface area contributed by atoms with Crippen LogP contribution in [0.1, 0.15) is 36.8 Å². The molecule has 0 aliphatic heterocycles. The summed E-state index contributed by atoms with van der Waals surface area (Å²) in [6.45, 7) is 2.03. The number of rotatable bonds is 3. The second-order valence-corrected chi connectivity index (χ2v) is 5.10. The number of fused-ring (bicyclic) bond motifs is 1. The molecule has 1 saturated carbocycles. The average Bonchev–Trinajstić information content (AvgIpc) is 2.56. The van der Waals surface area contributed by atoms with Crippen molar-refractivity contribution in [2.75, 3.05) is 5.88 Å². The number of pyridine rings is 1. The molecule has 0 atom stereocenters. The molecule has 1 aliphatic rings. The second kappa shape index (κ2) is 4.30. The normalized spacial score (nSPS) is 16.4. The van der Waals surface area contributed by atoms with Crippen molar-refractivity contribution in [1.82, 2.24) is 14.5 Å². The molecule has 0 saturated heterocycles. The van der Waals surface area contributed by atoms with Crippen molar-refractivity contribution in [1.29, 1.82) is 0 Å². The van der Waals surface area contributed by atoms with Crippen molar-refractivity contribution in [2.24, 2.45) is 0 Å². The number of alkyl halides is 1. The summed E-state index contributed by atoms with van der Waals surface area (Å²) < 4.78 is 2.31. The zero-order chi connectivity index (χ0) is 11.8. The van der Waals surface area contributed by atoms with Crippen molar-refractivity contribution in [3.8, 4) is 0 Å². The van der Waals surface area contributed by atoms with Gasteiger partial charge in [-0.3, -0.25) is 0 Å². The summed E-state index contributed by atoms with van der Waals surface area (Å²) in [6, 6.07) is 4.67. The molecule has 0 aromatic carbocycles. The SMILES string of the molecule is Cc1ccc2nc(CCCl)n(C3CCC3)c2n1. The predicted octanol–water partition coefficient (Wildman–Crippen LogP) is 3.25. The van der Waals surface area contributed by atoms with Gasteiger partial charge in [-0.15, -0.1) is 11.6 Å². The van der Waals surface area contributed by atoms with Crippen molar-refractivity contribution in [2.45, 2.75) is 38.6 Å². The lowest BCUT2D eigenvalue weighted by Gasteiger charge is -2.28. The summed E-state index contributed by atoms with van der Waals surface area (Å²) in [5.74, 6) is 1.72. The van der Waals surface area contributed by atoms with E-state index in [9.17, 15) is 0 Å². The number of hydrogen-bond donors (Lipinski definition) is 0. The van der Waals surface area contributed by atoms with Crippen LogP contribution in [0.5, 0.6) is 0 Å². The molecule has 3 rings (SSSR count). The standard InChI is InChI=1S/C13H16ClN3/c1-9-5-6-11-13(15-9)17(10-3-2-4-10)12(16-11)7-8-14/h5-6,10H,2-4,7-8H2,1H3. The molecular weight excluding hydrogens is 234 g/mol. The Labute approximate surface area is 106 Å². The molecule has 90 valence electrons. The minimum atomic E-state index is 0.590.